The first-order chi connectivity index (χ1) is 15.0. The maximum atomic E-state index is 10.8. The molecule has 1 radical (unpaired) electrons. The summed E-state index contributed by atoms with van der Waals surface area (Å²) < 4.78 is 0. The van der Waals surface area contributed by atoms with Crippen molar-refractivity contribution in [2.45, 2.75) is 6.42 Å². The molecule has 0 unspecified atom stereocenters. The molecule has 0 bridgehead atoms. The molecule has 4 nitrogen and oxygen atoms in total. The van der Waals surface area contributed by atoms with E-state index < -0.39 is 11.9 Å². The number of carboxylic acids is 2. The molecule has 5 rings (SSSR count). The average Bonchev–Trinajstić information content (AvgIpc) is 3.18. The monoisotopic (exact) mass is 471 g/mol. The zero-order valence-corrected chi connectivity index (χ0v) is 18.0. The molecule has 0 aliphatic heterocycles. The van der Waals surface area contributed by atoms with Gasteiger partial charge in [-0.25, -0.2) is 4.79 Å². The molecule has 0 saturated heterocycles. The predicted octanol–water partition coefficient (Wildman–Crippen LogP) is 4.52. The Morgan fingerprint density at radius 2 is 1.53 bits per heavy atom. The minimum Gasteiger partial charge on any atom is -0.545 e. The van der Waals surface area contributed by atoms with Crippen molar-refractivity contribution in [3.63, 3.8) is 0 Å². The number of aromatic carboxylic acids is 1. The van der Waals surface area contributed by atoms with Crippen LogP contribution in [-0.2, 0) is 28.3 Å². The molecule has 32 heavy (non-hydrogen) atoms. The van der Waals surface area contributed by atoms with Gasteiger partial charge in [0.25, 0.3) is 0 Å². The van der Waals surface area contributed by atoms with Crippen LogP contribution in [-0.4, -0.2) is 17.0 Å². The molecule has 163 valence electrons. The van der Waals surface area contributed by atoms with E-state index in [2.05, 4.69) is 49.0 Å². The van der Waals surface area contributed by atoms with Crippen molar-refractivity contribution in [2.75, 3.05) is 0 Å². The molecule has 5 heteroatoms. The van der Waals surface area contributed by atoms with Crippen LogP contribution in [0.1, 0.15) is 21.5 Å². The van der Waals surface area contributed by atoms with E-state index in [0.717, 1.165) is 23.3 Å². The van der Waals surface area contributed by atoms with Crippen molar-refractivity contribution in [3.8, 4) is 11.1 Å². The van der Waals surface area contributed by atoms with Crippen LogP contribution in [0.15, 0.2) is 97.6 Å². The molecular weight excluding hydrogens is 452 g/mol. The Hall–Kier alpha value is -3.66. The van der Waals surface area contributed by atoms with Crippen molar-refractivity contribution in [1.29, 1.82) is 0 Å². The van der Waals surface area contributed by atoms with Crippen LogP contribution in [0.3, 0.4) is 0 Å². The molecule has 1 N–H and O–H groups in total. The van der Waals surface area contributed by atoms with E-state index in [1.54, 1.807) is 12.1 Å². The molecule has 0 heterocycles. The van der Waals surface area contributed by atoms with Gasteiger partial charge in [0, 0.05) is 0 Å². The molecule has 0 spiro atoms. The zero-order chi connectivity index (χ0) is 22.2. The van der Waals surface area contributed by atoms with E-state index in [9.17, 15) is 4.79 Å². The van der Waals surface area contributed by atoms with Crippen molar-refractivity contribution in [1.82, 2.24) is 0 Å². The number of carbonyl (C=O) groups is 2. The fourth-order valence-corrected chi connectivity index (χ4v) is 3.41. The van der Waals surface area contributed by atoms with Crippen molar-refractivity contribution in [2.24, 2.45) is 0 Å². The smallest absolute Gasteiger partial charge is 0.545 e. The largest absolute Gasteiger partial charge is 2.00 e. The summed E-state index contributed by atoms with van der Waals surface area (Å²) in [7, 11) is 0. The summed E-state index contributed by atoms with van der Waals surface area (Å²) in [6.45, 7) is 2.90. The third-order valence-electron chi connectivity index (χ3n) is 4.80. The third kappa shape index (κ3) is 5.94. The second kappa shape index (κ2) is 11.7. The standard InChI is InChI=1S/C13H9.C11H8O2.C3H4O2.Cu/c1-3-7-12-10(5-1)9-11-6-2-4-8-13(11)12;12-11(13)10-7-3-5-8-4-1-2-6-9(8)10;1-2-3(4)5;/h1-5,7-8H,9H2;1-7H,(H,12,13);2H,1H2,(H,4,5);/q-1;;;+2/p-1. The fraction of sp³-hybridized carbons (Fsp3) is 0.0370. The third-order valence-corrected chi connectivity index (χ3v) is 4.80. The summed E-state index contributed by atoms with van der Waals surface area (Å²) in [4.78, 5) is 20.0. The summed E-state index contributed by atoms with van der Waals surface area (Å²) in [5.74, 6) is -2.11. The second-order valence-electron chi connectivity index (χ2n) is 6.75. The Bertz CT molecular complexity index is 1200. The van der Waals surface area contributed by atoms with Crippen molar-refractivity contribution in [3.05, 3.63) is 120 Å². The molecule has 0 aromatic heterocycles. The van der Waals surface area contributed by atoms with Gasteiger partial charge in [0.05, 0.1) is 11.5 Å². The molecule has 4 aromatic carbocycles. The molecule has 1 aliphatic carbocycles. The van der Waals surface area contributed by atoms with Gasteiger partial charge in [-0.15, -0.1) is 5.56 Å². The number of carboxylic acid groups (broad SMARTS) is 2. The zero-order valence-electron chi connectivity index (χ0n) is 17.0. The summed E-state index contributed by atoms with van der Waals surface area (Å²) in [5.41, 5.74) is 5.87. The van der Waals surface area contributed by atoms with E-state index in [-0.39, 0.29) is 17.1 Å². The minimum atomic E-state index is -1.23. The summed E-state index contributed by atoms with van der Waals surface area (Å²) in [5, 5.41) is 19.8. The van der Waals surface area contributed by atoms with Gasteiger partial charge in [0.2, 0.25) is 0 Å². The van der Waals surface area contributed by atoms with Crippen LogP contribution in [0.4, 0.5) is 0 Å². The van der Waals surface area contributed by atoms with Gasteiger partial charge in [-0.1, -0.05) is 78.4 Å². The van der Waals surface area contributed by atoms with Crippen LogP contribution >= 0.6 is 0 Å². The van der Waals surface area contributed by atoms with E-state index in [1.165, 1.54) is 22.3 Å². The molecule has 0 saturated carbocycles. The number of hydrogen-bond donors (Lipinski definition) is 1. The topological polar surface area (TPSA) is 77.4 Å². The van der Waals surface area contributed by atoms with Crippen LogP contribution in [0.5, 0.6) is 0 Å². The minimum absolute atomic E-state index is 0. The number of benzene rings is 4. The first kappa shape index (κ1) is 24.6. The summed E-state index contributed by atoms with van der Waals surface area (Å²) in [6.07, 6.45) is 1.77. The van der Waals surface area contributed by atoms with Crippen molar-refractivity contribution < 1.29 is 36.9 Å². The van der Waals surface area contributed by atoms with E-state index >= 15 is 0 Å². The molecule has 4 aromatic rings. The van der Waals surface area contributed by atoms with Crippen LogP contribution in [0, 0.1) is 6.07 Å². The van der Waals surface area contributed by atoms with E-state index in [4.69, 9.17) is 15.0 Å². The van der Waals surface area contributed by atoms with Gasteiger partial charge in [-0.05, 0) is 29.3 Å². The first-order valence-electron chi connectivity index (χ1n) is 9.63. The van der Waals surface area contributed by atoms with Crippen LogP contribution in [0.2, 0.25) is 0 Å². The van der Waals surface area contributed by atoms with Gasteiger partial charge in [-0.3, -0.25) is 0 Å². The predicted molar refractivity (Wildman–Crippen MR) is 120 cm³/mol. The van der Waals surface area contributed by atoms with Gasteiger partial charge >= 0.3 is 23.0 Å². The number of fused-ring (bicyclic) bond motifs is 4. The Morgan fingerprint density at radius 3 is 2.25 bits per heavy atom. The summed E-state index contributed by atoms with van der Waals surface area (Å²) >= 11 is 0. The normalized spacial score (nSPS) is 10.1. The van der Waals surface area contributed by atoms with Crippen LogP contribution in [0.25, 0.3) is 21.9 Å². The molecule has 0 fully saturated rings. The Labute approximate surface area is 197 Å². The second-order valence-corrected chi connectivity index (χ2v) is 6.75. The average molecular weight is 472 g/mol. The SMILES string of the molecule is C=CC(=O)[O-].O=C(O)c1cccc2ccccc12.[Cu+2].[c-]1cccc2c1Cc1ccccc1-2. The quantitative estimate of drug-likeness (QED) is 0.233. The van der Waals surface area contributed by atoms with E-state index in [1.807, 2.05) is 36.4 Å². The maximum absolute atomic E-state index is 10.8. The number of hydrogen-bond acceptors (Lipinski definition) is 3. The maximum Gasteiger partial charge on any atom is 2.00 e. The van der Waals surface area contributed by atoms with Crippen LogP contribution < -0.4 is 5.11 Å². The van der Waals surface area contributed by atoms with Crippen molar-refractivity contribution >= 4 is 22.7 Å². The molecular formula is C27H20CuO4. The molecule has 1 aliphatic rings. The molecule has 0 atom stereocenters. The number of rotatable bonds is 2. The Balaban J connectivity index is 0.000000184. The van der Waals surface area contributed by atoms with Gasteiger partial charge in [-0.2, -0.15) is 29.8 Å². The summed E-state index contributed by atoms with van der Waals surface area (Å²) in [6, 6.07) is 30.8. The fourth-order valence-electron chi connectivity index (χ4n) is 3.41. The number of aliphatic carboxylic acids is 1. The van der Waals surface area contributed by atoms with Gasteiger partial charge in [0.15, 0.2) is 0 Å². The number of carbonyl (C=O) groups excluding carboxylic acids is 1. The Morgan fingerprint density at radius 1 is 0.906 bits per heavy atom. The first-order valence-corrected chi connectivity index (χ1v) is 9.63. The van der Waals surface area contributed by atoms with E-state index in [0.29, 0.717) is 5.56 Å². The molecule has 0 amide bonds. The Kier molecular flexibility index (Phi) is 8.96. The van der Waals surface area contributed by atoms with Gasteiger partial charge < -0.3 is 15.0 Å². The van der Waals surface area contributed by atoms with Gasteiger partial charge in [0.1, 0.15) is 0 Å².